The number of carbonyl (C=O) groups excluding carboxylic acids is 2. The van der Waals surface area contributed by atoms with Crippen LogP contribution in [0.2, 0.25) is 5.02 Å². The number of hydrogen-bond acceptors (Lipinski definition) is 3. The molecule has 3 aromatic rings. The fourth-order valence-electron chi connectivity index (χ4n) is 3.98. The standard InChI is InChI=1S/C21H17ClN4O2/c22-14-5-3-4-13(8-14)10-23-26-12-20(27)25-11-18-16(9-19(25)21(26)28)15-6-1-2-7-17(15)24-18/h1-8,10,19,24H,9,11-12H2/b23-10-/t19-/m0/s1. The first-order chi connectivity index (χ1) is 13.6. The molecule has 5 rings (SSSR count). The fraction of sp³-hybridized carbons (Fsp3) is 0.190. The van der Waals surface area contributed by atoms with E-state index in [0.717, 1.165) is 27.7 Å². The molecule has 7 heteroatoms. The molecule has 3 heterocycles. The molecule has 0 radical (unpaired) electrons. The van der Waals surface area contributed by atoms with Gasteiger partial charge in [-0.25, -0.2) is 5.01 Å². The maximum absolute atomic E-state index is 13.0. The Morgan fingerprint density at radius 2 is 1.96 bits per heavy atom. The zero-order chi connectivity index (χ0) is 19.3. The molecule has 2 aliphatic rings. The third kappa shape index (κ3) is 2.77. The van der Waals surface area contributed by atoms with E-state index in [-0.39, 0.29) is 18.4 Å². The van der Waals surface area contributed by atoms with Crippen LogP contribution < -0.4 is 0 Å². The topological polar surface area (TPSA) is 68.8 Å². The van der Waals surface area contributed by atoms with Gasteiger partial charge in [0, 0.05) is 28.0 Å². The number of H-pyrrole nitrogens is 1. The third-order valence-corrected chi connectivity index (χ3v) is 5.58. The van der Waals surface area contributed by atoms with Crippen molar-refractivity contribution in [1.82, 2.24) is 14.9 Å². The highest BCUT2D eigenvalue weighted by molar-refractivity contribution is 6.30. The Bertz CT molecular complexity index is 1140. The second kappa shape index (κ2) is 6.49. The SMILES string of the molecule is O=C1[C@@H]2Cc3c([nH]c4ccccc34)CN2C(=O)CN1/N=C\c1cccc(Cl)c1. The number of nitrogens with one attached hydrogen (secondary N) is 1. The molecule has 2 aromatic carbocycles. The molecule has 140 valence electrons. The Hall–Kier alpha value is -3.12. The molecule has 1 atom stereocenters. The van der Waals surface area contributed by atoms with E-state index in [1.165, 1.54) is 5.01 Å². The minimum atomic E-state index is -0.524. The van der Waals surface area contributed by atoms with Gasteiger partial charge in [0.05, 0.1) is 12.8 Å². The number of nitrogens with zero attached hydrogens (tertiary/aromatic N) is 3. The molecule has 1 aromatic heterocycles. The first-order valence-electron chi connectivity index (χ1n) is 9.09. The van der Waals surface area contributed by atoms with Crippen molar-refractivity contribution in [1.29, 1.82) is 0 Å². The highest BCUT2D eigenvalue weighted by Crippen LogP contribution is 2.32. The summed E-state index contributed by atoms with van der Waals surface area (Å²) in [6.45, 7) is 0.368. The summed E-state index contributed by atoms with van der Waals surface area (Å²) in [5.74, 6) is -0.258. The van der Waals surface area contributed by atoms with Crippen LogP contribution in [0, 0.1) is 0 Å². The van der Waals surface area contributed by atoms with Crippen LogP contribution in [0.15, 0.2) is 53.6 Å². The monoisotopic (exact) mass is 392 g/mol. The van der Waals surface area contributed by atoms with E-state index in [1.807, 2.05) is 36.4 Å². The normalized spacial score (nSPS) is 19.4. The van der Waals surface area contributed by atoms with E-state index in [9.17, 15) is 9.59 Å². The lowest BCUT2D eigenvalue weighted by molar-refractivity contribution is -0.157. The van der Waals surface area contributed by atoms with E-state index in [0.29, 0.717) is 18.0 Å². The van der Waals surface area contributed by atoms with Gasteiger partial charge in [0.25, 0.3) is 5.91 Å². The molecule has 6 nitrogen and oxygen atoms in total. The quantitative estimate of drug-likeness (QED) is 0.681. The van der Waals surface area contributed by atoms with Gasteiger partial charge in [0.15, 0.2) is 0 Å². The zero-order valence-electron chi connectivity index (χ0n) is 14.9. The van der Waals surface area contributed by atoms with E-state index in [2.05, 4.69) is 10.1 Å². The number of piperazine rings is 1. The van der Waals surface area contributed by atoms with Crippen molar-refractivity contribution in [2.45, 2.75) is 19.0 Å². The average molecular weight is 393 g/mol. The van der Waals surface area contributed by atoms with Crippen molar-refractivity contribution in [2.24, 2.45) is 5.10 Å². The molecule has 0 unspecified atom stereocenters. The molecule has 0 saturated carbocycles. The van der Waals surface area contributed by atoms with Gasteiger partial charge in [-0.1, -0.05) is 41.9 Å². The van der Waals surface area contributed by atoms with Crippen LogP contribution in [0.1, 0.15) is 16.8 Å². The molecule has 1 saturated heterocycles. The van der Waals surface area contributed by atoms with Gasteiger partial charge < -0.3 is 9.88 Å². The number of carbonyl (C=O) groups is 2. The van der Waals surface area contributed by atoms with Crippen molar-refractivity contribution in [3.8, 4) is 0 Å². The highest BCUT2D eigenvalue weighted by atomic mass is 35.5. The third-order valence-electron chi connectivity index (χ3n) is 5.34. The summed E-state index contributed by atoms with van der Waals surface area (Å²) in [6.07, 6.45) is 2.06. The van der Waals surface area contributed by atoms with Crippen LogP contribution in [0.5, 0.6) is 0 Å². The number of aromatic amines is 1. The Morgan fingerprint density at radius 1 is 1.11 bits per heavy atom. The van der Waals surface area contributed by atoms with E-state index in [1.54, 1.807) is 23.2 Å². The smallest absolute Gasteiger partial charge is 0.266 e. The van der Waals surface area contributed by atoms with Crippen molar-refractivity contribution in [2.75, 3.05) is 6.54 Å². The number of hydrazone groups is 1. The number of halogens is 1. The van der Waals surface area contributed by atoms with Crippen LogP contribution >= 0.6 is 11.6 Å². The maximum Gasteiger partial charge on any atom is 0.266 e. The van der Waals surface area contributed by atoms with Crippen LogP contribution in [0.25, 0.3) is 10.9 Å². The zero-order valence-corrected chi connectivity index (χ0v) is 15.7. The van der Waals surface area contributed by atoms with Crippen LogP contribution in [-0.4, -0.2) is 45.5 Å². The minimum Gasteiger partial charge on any atom is -0.357 e. The Labute approximate surface area is 166 Å². The molecule has 0 bridgehead atoms. The molecular weight excluding hydrogens is 376 g/mol. The lowest BCUT2D eigenvalue weighted by atomic mass is 9.94. The van der Waals surface area contributed by atoms with E-state index in [4.69, 9.17) is 11.6 Å². The van der Waals surface area contributed by atoms with Gasteiger partial charge in [-0.15, -0.1) is 0 Å². The number of fused-ring (bicyclic) bond motifs is 4. The second-order valence-corrected chi connectivity index (χ2v) is 7.50. The number of para-hydroxylation sites is 1. The van der Waals surface area contributed by atoms with Gasteiger partial charge >= 0.3 is 0 Å². The van der Waals surface area contributed by atoms with Gasteiger partial charge in [-0.3, -0.25) is 9.59 Å². The number of aromatic nitrogens is 1. The average Bonchev–Trinajstić information content (AvgIpc) is 3.06. The largest absolute Gasteiger partial charge is 0.357 e. The highest BCUT2D eigenvalue weighted by Gasteiger charge is 2.43. The van der Waals surface area contributed by atoms with Gasteiger partial charge in [0.1, 0.15) is 12.6 Å². The first kappa shape index (κ1) is 17.0. The first-order valence-corrected chi connectivity index (χ1v) is 9.47. The maximum atomic E-state index is 13.0. The van der Waals surface area contributed by atoms with Gasteiger partial charge in [-0.05, 0) is 29.3 Å². The summed E-state index contributed by atoms with van der Waals surface area (Å²) in [7, 11) is 0. The van der Waals surface area contributed by atoms with Gasteiger partial charge in [0.2, 0.25) is 5.91 Å². The van der Waals surface area contributed by atoms with Crippen LogP contribution in [-0.2, 0) is 22.6 Å². The Morgan fingerprint density at radius 3 is 2.82 bits per heavy atom. The molecule has 1 fully saturated rings. The Balaban J connectivity index is 1.45. The lowest BCUT2D eigenvalue weighted by Gasteiger charge is -2.40. The van der Waals surface area contributed by atoms with E-state index >= 15 is 0 Å². The summed E-state index contributed by atoms with van der Waals surface area (Å²) >= 11 is 5.99. The van der Waals surface area contributed by atoms with Crippen molar-refractivity contribution < 1.29 is 9.59 Å². The van der Waals surface area contributed by atoms with Crippen LogP contribution in [0.4, 0.5) is 0 Å². The number of benzene rings is 2. The molecule has 28 heavy (non-hydrogen) atoms. The van der Waals surface area contributed by atoms with Crippen molar-refractivity contribution in [3.05, 3.63) is 70.4 Å². The van der Waals surface area contributed by atoms with Crippen LogP contribution in [0.3, 0.4) is 0 Å². The van der Waals surface area contributed by atoms with E-state index < -0.39 is 6.04 Å². The van der Waals surface area contributed by atoms with Crippen molar-refractivity contribution >= 4 is 40.5 Å². The number of hydrogen-bond donors (Lipinski definition) is 1. The summed E-state index contributed by atoms with van der Waals surface area (Å²) in [6, 6.07) is 14.7. The summed E-state index contributed by atoms with van der Waals surface area (Å²) in [4.78, 5) is 30.8. The molecule has 0 aliphatic carbocycles. The summed E-state index contributed by atoms with van der Waals surface area (Å²) in [5, 5.41) is 7.24. The molecule has 0 spiro atoms. The minimum absolute atomic E-state index is 0.0536. The molecular formula is C21H17ClN4O2. The predicted molar refractivity (Wildman–Crippen MR) is 107 cm³/mol. The lowest BCUT2D eigenvalue weighted by Crippen LogP contribution is -2.60. The summed E-state index contributed by atoms with van der Waals surface area (Å²) in [5.41, 5.74) is 3.92. The Kier molecular flexibility index (Phi) is 3.94. The molecule has 2 amide bonds. The summed E-state index contributed by atoms with van der Waals surface area (Å²) < 4.78 is 0. The number of amides is 2. The predicted octanol–water partition coefficient (Wildman–Crippen LogP) is 2.95. The molecule has 1 N–H and O–H groups in total. The van der Waals surface area contributed by atoms with Gasteiger partial charge in [-0.2, -0.15) is 5.10 Å². The fourth-order valence-corrected chi connectivity index (χ4v) is 4.18. The van der Waals surface area contributed by atoms with Crippen molar-refractivity contribution in [3.63, 3.8) is 0 Å². The molecule has 2 aliphatic heterocycles. The number of rotatable bonds is 2. The second-order valence-electron chi connectivity index (χ2n) is 7.06.